The van der Waals surface area contributed by atoms with Crippen LogP contribution in [0.5, 0.6) is 5.75 Å². The summed E-state index contributed by atoms with van der Waals surface area (Å²) in [5.41, 5.74) is 3.65. The highest BCUT2D eigenvalue weighted by atomic mass is 79.9. The molecule has 5 heteroatoms. The average Bonchev–Trinajstić information content (AvgIpc) is 2.55. The molecule has 2 aromatic carbocycles. The first-order chi connectivity index (χ1) is 11.1. The fraction of sp³-hybridized carbons (Fsp3) is 0.278. The zero-order valence-corrected chi connectivity index (χ0v) is 15.3. The second-order valence-corrected chi connectivity index (χ2v) is 6.09. The number of halogens is 1. The van der Waals surface area contributed by atoms with Crippen molar-refractivity contribution in [1.29, 1.82) is 0 Å². The van der Waals surface area contributed by atoms with Crippen molar-refractivity contribution in [3.05, 3.63) is 63.6 Å². The van der Waals surface area contributed by atoms with Crippen LogP contribution in [0.25, 0.3) is 0 Å². The van der Waals surface area contributed by atoms with Gasteiger partial charge in [0.05, 0.1) is 11.6 Å². The van der Waals surface area contributed by atoms with Crippen molar-refractivity contribution in [3.8, 4) is 5.75 Å². The third kappa shape index (κ3) is 5.28. The van der Waals surface area contributed by atoms with Gasteiger partial charge in [0.1, 0.15) is 5.75 Å². The fourth-order valence-electron chi connectivity index (χ4n) is 2.23. The van der Waals surface area contributed by atoms with Crippen LogP contribution in [0.4, 0.5) is 0 Å². The summed E-state index contributed by atoms with van der Waals surface area (Å²) in [4.78, 5) is 4.25. The van der Waals surface area contributed by atoms with E-state index >= 15 is 0 Å². The Hall–Kier alpha value is -2.01. The molecule has 0 bridgehead atoms. The third-order valence-corrected chi connectivity index (χ3v) is 4.06. The monoisotopic (exact) mass is 375 g/mol. The SMILES string of the molecule is CN=C(NCc1cccc(C)c1)NCc1ccc(OC)c(Br)c1. The van der Waals surface area contributed by atoms with E-state index in [2.05, 4.69) is 62.7 Å². The van der Waals surface area contributed by atoms with Gasteiger partial charge in [-0.25, -0.2) is 0 Å². The van der Waals surface area contributed by atoms with Gasteiger partial charge in [-0.05, 0) is 46.1 Å². The highest BCUT2D eigenvalue weighted by Gasteiger charge is 2.03. The van der Waals surface area contributed by atoms with Crippen LogP contribution in [0, 0.1) is 6.92 Å². The van der Waals surface area contributed by atoms with Crippen LogP contribution >= 0.6 is 15.9 Å². The normalized spacial score (nSPS) is 11.2. The average molecular weight is 376 g/mol. The minimum absolute atomic E-state index is 0.691. The summed E-state index contributed by atoms with van der Waals surface area (Å²) in [5, 5.41) is 6.64. The van der Waals surface area contributed by atoms with E-state index in [1.54, 1.807) is 14.2 Å². The zero-order valence-electron chi connectivity index (χ0n) is 13.7. The molecule has 0 amide bonds. The number of benzene rings is 2. The number of ether oxygens (including phenoxy) is 1. The summed E-state index contributed by atoms with van der Waals surface area (Å²) in [6, 6.07) is 14.5. The van der Waals surface area contributed by atoms with Gasteiger partial charge in [0, 0.05) is 20.1 Å². The van der Waals surface area contributed by atoms with Crippen LogP contribution in [0.15, 0.2) is 51.9 Å². The van der Waals surface area contributed by atoms with E-state index in [4.69, 9.17) is 4.74 Å². The van der Waals surface area contributed by atoms with Gasteiger partial charge in [-0.1, -0.05) is 35.9 Å². The number of rotatable bonds is 5. The summed E-state index contributed by atoms with van der Waals surface area (Å²) in [6.45, 7) is 3.53. The lowest BCUT2D eigenvalue weighted by Crippen LogP contribution is -2.36. The van der Waals surface area contributed by atoms with Gasteiger partial charge in [-0.3, -0.25) is 4.99 Å². The molecule has 23 heavy (non-hydrogen) atoms. The van der Waals surface area contributed by atoms with Gasteiger partial charge >= 0.3 is 0 Å². The lowest BCUT2D eigenvalue weighted by molar-refractivity contribution is 0.412. The molecule has 0 spiro atoms. The molecule has 0 atom stereocenters. The standard InChI is InChI=1S/C18H22BrN3O/c1-13-5-4-6-14(9-13)11-21-18(20-2)22-12-15-7-8-17(23-3)16(19)10-15/h4-10H,11-12H2,1-3H3,(H2,20,21,22). The van der Waals surface area contributed by atoms with Crippen LogP contribution in [-0.2, 0) is 13.1 Å². The molecule has 0 aliphatic heterocycles. The molecule has 0 saturated carbocycles. The van der Waals surface area contributed by atoms with E-state index < -0.39 is 0 Å². The molecule has 0 aromatic heterocycles. The summed E-state index contributed by atoms with van der Waals surface area (Å²) in [6.07, 6.45) is 0. The fourth-order valence-corrected chi connectivity index (χ4v) is 2.82. The predicted molar refractivity (Wildman–Crippen MR) is 98.9 cm³/mol. The number of nitrogens with zero attached hydrogens (tertiary/aromatic N) is 1. The van der Waals surface area contributed by atoms with Crippen molar-refractivity contribution in [2.75, 3.05) is 14.2 Å². The van der Waals surface area contributed by atoms with Crippen molar-refractivity contribution >= 4 is 21.9 Å². The van der Waals surface area contributed by atoms with Gasteiger partial charge in [0.15, 0.2) is 5.96 Å². The molecule has 0 fully saturated rings. The number of nitrogens with one attached hydrogen (secondary N) is 2. The Labute approximate surface area is 146 Å². The summed E-state index contributed by atoms with van der Waals surface area (Å²) >= 11 is 3.50. The maximum Gasteiger partial charge on any atom is 0.191 e. The maximum absolute atomic E-state index is 5.24. The summed E-state index contributed by atoms with van der Waals surface area (Å²) < 4.78 is 6.19. The van der Waals surface area contributed by atoms with Gasteiger partial charge in [0.2, 0.25) is 0 Å². The quantitative estimate of drug-likeness (QED) is 0.619. The molecule has 2 N–H and O–H groups in total. The Morgan fingerprint density at radius 3 is 2.35 bits per heavy atom. The number of hydrogen-bond donors (Lipinski definition) is 2. The van der Waals surface area contributed by atoms with Crippen LogP contribution in [-0.4, -0.2) is 20.1 Å². The third-order valence-electron chi connectivity index (χ3n) is 3.44. The highest BCUT2D eigenvalue weighted by molar-refractivity contribution is 9.10. The second kappa shape index (κ2) is 8.58. The van der Waals surface area contributed by atoms with E-state index in [0.717, 1.165) is 28.3 Å². The number of aryl methyl sites for hydroxylation is 1. The number of guanidine groups is 1. The minimum atomic E-state index is 0.691. The first-order valence-corrected chi connectivity index (χ1v) is 8.24. The van der Waals surface area contributed by atoms with Crippen molar-refractivity contribution in [3.63, 3.8) is 0 Å². The number of aliphatic imine (C=N–C) groups is 1. The molecule has 2 aromatic rings. The van der Waals surface area contributed by atoms with Gasteiger partial charge < -0.3 is 15.4 Å². The van der Waals surface area contributed by atoms with Crippen LogP contribution < -0.4 is 15.4 Å². The van der Waals surface area contributed by atoms with E-state index in [1.807, 2.05) is 18.2 Å². The number of hydrogen-bond acceptors (Lipinski definition) is 2. The summed E-state index contributed by atoms with van der Waals surface area (Å²) in [7, 11) is 3.44. The van der Waals surface area contributed by atoms with Gasteiger partial charge in [0.25, 0.3) is 0 Å². The molecule has 2 rings (SSSR count). The second-order valence-electron chi connectivity index (χ2n) is 5.24. The van der Waals surface area contributed by atoms with E-state index in [-0.39, 0.29) is 0 Å². The minimum Gasteiger partial charge on any atom is -0.496 e. The molecule has 0 radical (unpaired) electrons. The summed E-state index contributed by atoms with van der Waals surface area (Å²) in [5.74, 6) is 1.61. The molecular formula is C18H22BrN3O. The van der Waals surface area contributed by atoms with Crippen molar-refractivity contribution in [1.82, 2.24) is 10.6 Å². The predicted octanol–water partition coefficient (Wildman–Crippen LogP) is 3.63. The Balaban J connectivity index is 1.89. The lowest BCUT2D eigenvalue weighted by Gasteiger charge is -2.13. The van der Waals surface area contributed by atoms with E-state index in [9.17, 15) is 0 Å². The van der Waals surface area contributed by atoms with Gasteiger partial charge in [-0.2, -0.15) is 0 Å². The van der Waals surface area contributed by atoms with Crippen LogP contribution in [0.3, 0.4) is 0 Å². The van der Waals surface area contributed by atoms with E-state index in [1.165, 1.54) is 11.1 Å². The zero-order chi connectivity index (χ0) is 16.7. The topological polar surface area (TPSA) is 45.7 Å². The van der Waals surface area contributed by atoms with Gasteiger partial charge in [-0.15, -0.1) is 0 Å². The Bertz CT molecular complexity index is 686. The Morgan fingerprint density at radius 2 is 1.78 bits per heavy atom. The molecular weight excluding hydrogens is 354 g/mol. The first-order valence-electron chi connectivity index (χ1n) is 7.45. The molecule has 0 saturated heterocycles. The molecule has 4 nitrogen and oxygen atoms in total. The highest BCUT2D eigenvalue weighted by Crippen LogP contribution is 2.25. The molecule has 0 heterocycles. The lowest BCUT2D eigenvalue weighted by atomic mass is 10.1. The van der Waals surface area contributed by atoms with Crippen molar-refractivity contribution in [2.45, 2.75) is 20.0 Å². The Morgan fingerprint density at radius 1 is 1.09 bits per heavy atom. The first kappa shape index (κ1) is 17.3. The molecule has 122 valence electrons. The Kier molecular flexibility index (Phi) is 6.47. The number of methoxy groups -OCH3 is 1. The van der Waals surface area contributed by atoms with Crippen molar-refractivity contribution in [2.24, 2.45) is 4.99 Å². The van der Waals surface area contributed by atoms with Crippen LogP contribution in [0.1, 0.15) is 16.7 Å². The van der Waals surface area contributed by atoms with Crippen LogP contribution in [0.2, 0.25) is 0 Å². The molecule has 0 unspecified atom stereocenters. The largest absolute Gasteiger partial charge is 0.496 e. The maximum atomic E-state index is 5.24. The van der Waals surface area contributed by atoms with Crippen molar-refractivity contribution < 1.29 is 4.74 Å². The molecule has 0 aliphatic rings. The smallest absolute Gasteiger partial charge is 0.191 e. The van der Waals surface area contributed by atoms with E-state index in [0.29, 0.717) is 6.54 Å². The molecule has 0 aliphatic carbocycles.